The van der Waals surface area contributed by atoms with Gasteiger partial charge in [0.05, 0.1) is 12.9 Å². The molecule has 25 heavy (non-hydrogen) atoms. The number of hydrogen-bond donors (Lipinski definition) is 1. The highest BCUT2D eigenvalue weighted by Crippen LogP contribution is 2.35. The molecule has 1 atom stereocenters. The molecule has 2 aromatic heterocycles. The molecule has 0 spiro atoms. The Morgan fingerprint density at radius 3 is 2.88 bits per heavy atom. The van der Waals surface area contributed by atoms with Crippen LogP contribution in [0.4, 0.5) is 0 Å². The fourth-order valence-corrected chi connectivity index (χ4v) is 3.28. The average Bonchev–Trinajstić information content (AvgIpc) is 3.23. The third kappa shape index (κ3) is 3.22. The number of nitrogens with zero attached hydrogens (tertiary/aromatic N) is 5. The van der Waals surface area contributed by atoms with Gasteiger partial charge < -0.3 is 14.5 Å². The zero-order valence-corrected chi connectivity index (χ0v) is 14.8. The number of aromatic nitrogens is 5. The smallest absolute Gasteiger partial charge is 0.146 e. The maximum absolute atomic E-state index is 4.40. The van der Waals surface area contributed by atoms with Crippen molar-refractivity contribution in [3.8, 4) is 5.69 Å². The van der Waals surface area contributed by atoms with Gasteiger partial charge in [-0.25, -0.2) is 4.98 Å². The number of nitrogens with one attached hydrogen (secondary N) is 1. The van der Waals surface area contributed by atoms with Gasteiger partial charge in [0.15, 0.2) is 0 Å². The SMILES string of the molecule is C[C@@H](NCc1nnc(C2CCC2)n1C)c1cccc(-n2ccnc2)c1. The van der Waals surface area contributed by atoms with E-state index < -0.39 is 0 Å². The molecule has 130 valence electrons. The van der Waals surface area contributed by atoms with Crippen LogP contribution in [0, 0.1) is 0 Å². The minimum Gasteiger partial charge on any atom is -0.317 e. The molecule has 0 bridgehead atoms. The van der Waals surface area contributed by atoms with Crippen molar-refractivity contribution >= 4 is 0 Å². The maximum Gasteiger partial charge on any atom is 0.146 e. The van der Waals surface area contributed by atoms with Crippen molar-refractivity contribution in [1.29, 1.82) is 0 Å². The lowest BCUT2D eigenvalue weighted by atomic mass is 9.85. The van der Waals surface area contributed by atoms with Crippen LogP contribution in [0.1, 0.15) is 55.4 Å². The molecule has 3 aromatic rings. The third-order valence-electron chi connectivity index (χ3n) is 5.21. The van der Waals surface area contributed by atoms with E-state index in [-0.39, 0.29) is 6.04 Å². The lowest BCUT2D eigenvalue weighted by Crippen LogP contribution is -2.21. The molecule has 0 amide bonds. The van der Waals surface area contributed by atoms with Crippen LogP contribution < -0.4 is 5.32 Å². The Kier molecular flexibility index (Phi) is 4.36. The summed E-state index contributed by atoms with van der Waals surface area (Å²) in [7, 11) is 2.08. The Hall–Kier alpha value is -2.47. The van der Waals surface area contributed by atoms with Crippen molar-refractivity contribution in [2.75, 3.05) is 0 Å². The van der Waals surface area contributed by atoms with Crippen LogP contribution >= 0.6 is 0 Å². The van der Waals surface area contributed by atoms with Gasteiger partial charge in [0, 0.05) is 37.1 Å². The molecule has 1 fully saturated rings. The Bertz CT molecular complexity index is 831. The molecule has 2 heterocycles. The summed E-state index contributed by atoms with van der Waals surface area (Å²) in [6.45, 7) is 2.89. The highest BCUT2D eigenvalue weighted by Gasteiger charge is 2.25. The van der Waals surface area contributed by atoms with E-state index in [0.29, 0.717) is 12.5 Å². The number of benzene rings is 1. The summed E-state index contributed by atoms with van der Waals surface area (Å²) >= 11 is 0. The number of imidazole rings is 1. The molecule has 1 N–H and O–H groups in total. The van der Waals surface area contributed by atoms with Gasteiger partial charge in [-0.2, -0.15) is 0 Å². The number of hydrogen-bond acceptors (Lipinski definition) is 4. The first kappa shape index (κ1) is 16.0. The molecule has 1 aromatic carbocycles. The van der Waals surface area contributed by atoms with Crippen molar-refractivity contribution in [3.63, 3.8) is 0 Å². The summed E-state index contributed by atoms with van der Waals surface area (Å²) in [5.41, 5.74) is 2.36. The molecule has 1 aliphatic rings. The lowest BCUT2D eigenvalue weighted by Gasteiger charge is -2.24. The molecular weight excluding hydrogens is 312 g/mol. The topological polar surface area (TPSA) is 60.6 Å². The van der Waals surface area contributed by atoms with Crippen molar-refractivity contribution in [2.24, 2.45) is 7.05 Å². The van der Waals surface area contributed by atoms with E-state index in [0.717, 1.165) is 17.3 Å². The summed E-state index contributed by atoms with van der Waals surface area (Å²) in [5, 5.41) is 12.3. The maximum atomic E-state index is 4.40. The van der Waals surface area contributed by atoms with Crippen LogP contribution in [-0.2, 0) is 13.6 Å². The van der Waals surface area contributed by atoms with E-state index >= 15 is 0 Å². The largest absolute Gasteiger partial charge is 0.317 e. The van der Waals surface area contributed by atoms with E-state index in [1.54, 1.807) is 6.20 Å². The first-order chi connectivity index (χ1) is 12.2. The zero-order valence-electron chi connectivity index (χ0n) is 14.8. The fraction of sp³-hybridized carbons (Fsp3) is 0.421. The molecule has 0 aliphatic heterocycles. The van der Waals surface area contributed by atoms with Gasteiger partial charge in [0.2, 0.25) is 0 Å². The quantitative estimate of drug-likeness (QED) is 0.751. The van der Waals surface area contributed by atoms with Gasteiger partial charge in [-0.05, 0) is 37.5 Å². The van der Waals surface area contributed by atoms with Gasteiger partial charge in [0.25, 0.3) is 0 Å². The zero-order chi connectivity index (χ0) is 17.2. The average molecular weight is 336 g/mol. The summed E-state index contributed by atoms with van der Waals surface area (Å²) in [4.78, 5) is 4.12. The Morgan fingerprint density at radius 2 is 2.16 bits per heavy atom. The molecule has 0 saturated heterocycles. The molecule has 1 aliphatic carbocycles. The van der Waals surface area contributed by atoms with Gasteiger partial charge in [-0.1, -0.05) is 18.6 Å². The predicted molar refractivity (Wildman–Crippen MR) is 96.4 cm³/mol. The van der Waals surface area contributed by atoms with Crippen molar-refractivity contribution in [1.82, 2.24) is 29.6 Å². The van der Waals surface area contributed by atoms with Crippen molar-refractivity contribution in [3.05, 3.63) is 60.2 Å². The Labute approximate surface area is 147 Å². The molecular formula is C19H24N6. The first-order valence-electron chi connectivity index (χ1n) is 8.92. The second kappa shape index (κ2) is 6.80. The van der Waals surface area contributed by atoms with Crippen molar-refractivity contribution < 1.29 is 0 Å². The molecule has 1 saturated carbocycles. The molecule has 6 nitrogen and oxygen atoms in total. The fourth-order valence-electron chi connectivity index (χ4n) is 3.28. The Morgan fingerprint density at radius 1 is 1.28 bits per heavy atom. The highest BCUT2D eigenvalue weighted by molar-refractivity contribution is 5.37. The highest BCUT2D eigenvalue weighted by atomic mass is 15.3. The van der Waals surface area contributed by atoms with Crippen molar-refractivity contribution in [2.45, 2.75) is 44.7 Å². The van der Waals surface area contributed by atoms with E-state index in [1.165, 1.54) is 24.8 Å². The van der Waals surface area contributed by atoms with Crippen LogP contribution in [0.2, 0.25) is 0 Å². The van der Waals surface area contributed by atoms with Gasteiger partial charge in [0.1, 0.15) is 11.6 Å². The summed E-state index contributed by atoms with van der Waals surface area (Å²) in [5.74, 6) is 2.74. The normalized spacial score (nSPS) is 15.9. The van der Waals surface area contributed by atoms with Crippen LogP contribution in [-0.4, -0.2) is 24.3 Å². The van der Waals surface area contributed by atoms with Crippen LogP contribution in [0.25, 0.3) is 5.69 Å². The van der Waals surface area contributed by atoms with E-state index in [4.69, 9.17) is 0 Å². The van der Waals surface area contributed by atoms with Gasteiger partial charge in [-0.3, -0.25) is 0 Å². The summed E-state index contributed by atoms with van der Waals surface area (Å²) < 4.78 is 4.18. The summed E-state index contributed by atoms with van der Waals surface area (Å²) in [6.07, 6.45) is 9.38. The molecule has 4 rings (SSSR count). The van der Waals surface area contributed by atoms with Crippen LogP contribution in [0.5, 0.6) is 0 Å². The van der Waals surface area contributed by atoms with E-state index in [9.17, 15) is 0 Å². The standard InChI is InChI=1S/C19H24N6/c1-14(16-7-4-8-17(11-16)25-10-9-20-13-25)21-12-18-22-23-19(24(18)2)15-5-3-6-15/h4,7-11,13-15,21H,3,5-6,12H2,1-2H3/t14-/m1/s1. The predicted octanol–water partition coefficient (Wildman–Crippen LogP) is 3.12. The second-order valence-corrected chi connectivity index (χ2v) is 6.83. The van der Waals surface area contributed by atoms with Crippen LogP contribution in [0.3, 0.4) is 0 Å². The number of rotatable bonds is 6. The third-order valence-corrected chi connectivity index (χ3v) is 5.21. The minimum absolute atomic E-state index is 0.229. The minimum atomic E-state index is 0.229. The summed E-state index contributed by atoms with van der Waals surface area (Å²) in [6, 6.07) is 8.74. The van der Waals surface area contributed by atoms with E-state index in [1.807, 2.05) is 17.1 Å². The monoisotopic (exact) mass is 336 g/mol. The Balaban J connectivity index is 1.43. The second-order valence-electron chi connectivity index (χ2n) is 6.83. The van der Waals surface area contributed by atoms with Gasteiger partial charge in [-0.15, -0.1) is 10.2 Å². The van der Waals surface area contributed by atoms with E-state index in [2.05, 4.69) is 63.3 Å². The van der Waals surface area contributed by atoms with Crippen LogP contribution in [0.15, 0.2) is 43.0 Å². The molecule has 0 unspecified atom stereocenters. The molecule has 0 radical (unpaired) electrons. The molecule has 6 heteroatoms. The lowest BCUT2D eigenvalue weighted by molar-refractivity contribution is 0.390. The van der Waals surface area contributed by atoms with Gasteiger partial charge >= 0.3 is 0 Å². The first-order valence-corrected chi connectivity index (χ1v) is 8.92.